The molecule has 4 aliphatic rings. The molecular weight excluding hydrogens is 400 g/mol. The number of allylic oxidation sites excluding steroid dienone is 3. The first-order valence-electron chi connectivity index (χ1n) is 11.7. The fraction of sp³-hybridized carbons (Fsp3) is 0.500. The van der Waals surface area contributed by atoms with Crippen molar-refractivity contribution < 1.29 is 0 Å². The lowest BCUT2D eigenvalue weighted by atomic mass is 9.84. The summed E-state index contributed by atoms with van der Waals surface area (Å²) in [6.45, 7) is 4.00. The smallest absolute Gasteiger partial charge is 0.200 e. The van der Waals surface area contributed by atoms with E-state index in [0.29, 0.717) is 0 Å². The van der Waals surface area contributed by atoms with Gasteiger partial charge in [-0.1, -0.05) is 12.2 Å². The zero-order valence-electron chi connectivity index (χ0n) is 19.1. The second kappa shape index (κ2) is 8.96. The molecule has 2 aliphatic carbocycles. The van der Waals surface area contributed by atoms with Crippen LogP contribution in [0.4, 0.5) is 0 Å². The summed E-state index contributed by atoms with van der Waals surface area (Å²) in [7, 11) is 4.00. The van der Waals surface area contributed by atoms with Gasteiger partial charge in [-0.25, -0.2) is 4.99 Å². The van der Waals surface area contributed by atoms with Crippen molar-refractivity contribution in [1.29, 1.82) is 0 Å². The van der Waals surface area contributed by atoms with Gasteiger partial charge in [0.15, 0.2) is 5.96 Å². The molecule has 0 amide bonds. The van der Waals surface area contributed by atoms with Crippen LogP contribution in [0.15, 0.2) is 52.0 Å². The van der Waals surface area contributed by atoms with Gasteiger partial charge in [-0.15, -0.1) is 0 Å². The molecule has 170 valence electrons. The average molecular weight is 435 g/mol. The summed E-state index contributed by atoms with van der Waals surface area (Å²) in [6.07, 6.45) is 14.7. The number of guanidine groups is 1. The van der Waals surface area contributed by atoms with Crippen LogP contribution in [0.3, 0.4) is 0 Å². The van der Waals surface area contributed by atoms with Gasteiger partial charge in [-0.05, 0) is 57.0 Å². The first-order valence-corrected chi connectivity index (χ1v) is 11.7. The molecule has 0 spiro atoms. The highest BCUT2D eigenvalue weighted by Crippen LogP contribution is 2.36. The number of aryl methyl sites for hydroxylation is 2. The molecule has 8 heteroatoms. The lowest BCUT2D eigenvalue weighted by molar-refractivity contribution is 0.418. The van der Waals surface area contributed by atoms with Crippen LogP contribution in [0.2, 0.25) is 0 Å². The molecule has 1 aromatic heterocycles. The normalized spacial score (nSPS) is 26.1. The van der Waals surface area contributed by atoms with Gasteiger partial charge < -0.3 is 21.3 Å². The Hall–Kier alpha value is -2.84. The van der Waals surface area contributed by atoms with Gasteiger partial charge in [0, 0.05) is 61.3 Å². The van der Waals surface area contributed by atoms with Crippen molar-refractivity contribution in [2.24, 2.45) is 23.7 Å². The van der Waals surface area contributed by atoms with Crippen molar-refractivity contribution in [3.05, 3.63) is 58.2 Å². The second-order valence-electron chi connectivity index (χ2n) is 8.97. The molecule has 32 heavy (non-hydrogen) atoms. The second-order valence-corrected chi connectivity index (χ2v) is 8.97. The zero-order valence-corrected chi connectivity index (χ0v) is 19.1. The van der Waals surface area contributed by atoms with Crippen molar-refractivity contribution in [2.45, 2.75) is 31.8 Å². The van der Waals surface area contributed by atoms with Crippen LogP contribution in [-0.2, 0) is 13.5 Å². The summed E-state index contributed by atoms with van der Waals surface area (Å²) in [6, 6.07) is 0. The highest BCUT2D eigenvalue weighted by molar-refractivity contribution is 5.84. The SMILES string of the molecule is CNC1N=C(N2CCCNCC2)NC(C2C=CC(N)=CC2)=C1C1=Cc2cn(C)nc2CC1. The molecule has 0 bridgehead atoms. The van der Waals surface area contributed by atoms with E-state index in [2.05, 4.69) is 50.4 Å². The summed E-state index contributed by atoms with van der Waals surface area (Å²) in [5, 5.41) is 15.4. The van der Waals surface area contributed by atoms with Crippen LogP contribution >= 0.6 is 0 Å². The molecule has 2 unspecified atom stereocenters. The molecule has 3 heterocycles. The maximum atomic E-state index is 6.04. The zero-order chi connectivity index (χ0) is 22.1. The average Bonchev–Trinajstić information content (AvgIpc) is 2.99. The molecule has 5 N–H and O–H groups in total. The van der Waals surface area contributed by atoms with E-state index in [1.807, 2.05) is 24.9 Å². The van der Waals surface area contributed by atoms with Crippen LogP contribution in [0.25, 0.3) is 6.08 Å². The fourth-order valence-electron chi connectivity index (χ4n) is 5.07. The lowest BCUT2D eigenvalue weighted by Crippen LogP contribution is -2.49. The lowest BCUT2D eigenvalue weighted by Gasteiger charge is -2.37. The largest absolute Gasteiger partial charge is 0.399 e. The van der Waals surface area contributed by atoms with Gasteiger partial charge in [-0.3, -0.25) is 10.00 Å². The van der Waals surface area contributed by atoms with Crippen molar-refractivity contribution in [2.75, 3.05) is 33.2 Å². The van der Waals surface area contributed by atoms with Gasteiger partial charge in [0.2, 0.25) is 0 Å². The first-order chi connectivity index (χ1) is 15.6. The standard InChI is InChI=1S/C24H34N8/c1-26-23-21(17-6-9-20-18(14-17)15-31(2)30-20)22(16-4-7-19(25)8-5-16)28-24(29-23)32-12-3-10-27-11-13-32/h4,7-8,14-16,23,26-27H,3,5-6,9-13,25H2,1-2H3,(H,28,29). The number of rotatable bonds is 3. The van der Waals surface area contributed by atoms with Gasteiger partial charge >= 0.3 is 0 Å². The van der Waals surface area contributed by atoms with Gasteiger partial charge in [0.1, 0.15) is 6.17 Å². The molecule has 5 rings (SSSR count). The molecule has 1 fully saturated rings. The van der Waals surface area contributed by atoms with Gasteiger partial charge in [0.25, 0.3) is 0 Å². The highest BCUT2D eigenvalue weighted by Gasteiger charge is 2.32. The predicted molar refractivity (Wildman–Crippen MR) is 129 cm³/mol. The number of fused-ring (bicyclic) bond motifs is 1. The highest BCUT2D eigenvalue weighted by atomic mass is 15.3. The Balaban J connectivity index is 1.55. The number of hydrogen-bond acceptors (Lipinski definition) is 7. The van der Waals surface area contributed by atoms with E-state index >= 15 is 0 Å². The summed E-state index contributed by atoms with van der Waals surface area (Å²) in [4.78, 5) is 7.53. The van der Waals surface area contributed by atoms with Crippen molar-refractivity contribution >= 4 is 12.0 Å². The van der Waals surface area contributed by atoms with Crippen molar-refractivity contribution in [1.82, 2.24) is 30.6 Å². The minimum absolute atomic E-state index is 0.0846. The maximum Gasteiger partial charge on any atom is 0.200 e. The number of nitrogens with one attached hydrogen (secondary N) is 3. The van der Waals surface area contributed by atoms with Crippen LogP contribution in [0, 0.1) is 5.92 Å². The van der Waals surface area contributed by atoms with E-state index in [1.165, 1.54) is 28.1 Å². The topological polar surface area (TPSA) is 95.5 Å². The van der Waals surface area contributed by atoms with Crippen LogP contribution in [0.5, 0.6) is 0 Å². The molecule has 0 aromatic carbocycles. The fourth-order valence-corrected chi connectivity index (χ4v) is 5.07. The number of likely N-dealkylation sites (N-methyl/N-ethyl adjacent to an activating group) is 1. The molecule has 1 saturated heterocycles. The number of aliphatic imine (C=N–C) groups is 1. The minimum Gasteiger partial charge on any atom is -0.399 e. The molecule has 0 radical (unpaired) electrons. The van der Waals surface area contributed by atoms with Crippen molar-refractivity contribution in [3.8, 4) is 0 Å². The Morgan fingerprint density at radius 2 is 2.12 bits per heavy atom. The van der Waals surface area contributed by atoms with Gasteiger partial charge in [-0.2, -0.15) is 5.10 Å². The number of nitrogens with two attached hydrogens (primary N) is 1. The molecule has 0 saturated carbocycles. The Morgan fingerprint density at radius 3 is 2.94 bits per heavy atom. The molecule has 8 nitrogen and oxygen atoms in total. The van der Waals surface area contributed by atoms with E-state index in [4.69, 9.17) is 10.7 Å². The Kier molecular flexibility index (Phi) is 5.89. The Morgan fingerprint density at radius 1 is 1.22 bits per heavy atom. The Bertz CT molecular complexity index is 1020. The summed E-state index contributed by atoms with van der Waals surface area (Å²) >= 11 is 0. The van der Waals surface area contributed by atoms with Crippen molar-refractivity contribution in [3.63, 3.8) is 0 Å². The van der Waals surface area contributed by atoms with Crippen LogP contribution in [0.1, 0.15) is 30.5 Å². The number of nitrogens with zero attached hydrogens (tertiary/aromatic N) is 4. The monoisotopic (exact) mass is 434 g/mol. The molecule has 2 atom stereocenters. The predicted octanol–water partition coefficient (Wildman–Crippen LogP) is 1.22. The molecule has 2 aliphatic heterocycles. The summed E-state index contributed by atoms with van der Waals surface area (Å²) in [5.41, 5.74) is 13.1. The number of hydrogen-bond donors (Lipinski definition) is 4. The summed E-state index contributed by atoms with van der Waals surface area (Å²) in [5.74, 6) is 1.22. The third-order valence-corrected chi connectivity index (χ3v) is 6.72. The van der Waals surface area contributed by atoms with Crippen LogP contribution < -0.4 is 21.7 Å². The summed E-state index contributed by atoms with van der Waals surface area (Å²) < 4.78 is 1.91. The minimum atomic E-state index is -0.0846. The third-order valence-electron chi connectivity index (χ3n) is 6.72. The van der Waals surface area contributed by atoms with E-state index in [9.17, 15) is 0 Å². The molecule has 1 aromatic rings. The maximum absolute atomic E-state index is 6.04. The van der Waals surface area contributed by atoms with E-state index in [0.717, 1.165) is 63.5 Å². The van der Waals surface area contributed by atoms with E-state index in [1.54, 1.807) is 0 Å². The van der Waals surface area contributed by atoms with E-state index < -0.39 is 0 Å². The quantitative estimate of drug-likeness (QED) is 0.572. The third kappa shape index (κ3) is 4.12. The first kappa shape index (κ1) is 21.0. The van der Waals surface area contributed by atoms with Crippen LogP contribution in [-0.4, -0.2) is 60.0 Å². The Labute approximate surface area is 190 Å². The van der Waals surface area contributed by atoms with Gasteiger partial charge in [0.05, 0.1) is 5.69 Å². The molecular formula is C24H34N8. The number of aromatic nitrogens is 2. The van der Waals surface area contributed by atoms with E-state index in [-0.39, 0.29) is 12.1 Å².